The molecule has 4 aromatic rings. The van der Waals surface area contributed by atoms with Gasteiger partial charge in [-0.2, -0.15) is 13.2 Å². The molecule has 1 aromatic carbocycles. The van der Waals surface area contributed by atoms with Gasteiger partial charge >= 0.3 is 12.1 Å². The van der Waals surface area contributed by atoms with Crippen molar-refractivity contribution in [3.8, 4) is 18.2 Å². The number of hydrogen-bond acceptors (Lipinski definition) is 9. The molecule has 3 aromatic heterocycles. The Balaban J connectivity index is 1.41. The first-order valence-corrected chi connectivity index (χ1v) is 15.3. The lowest BCUT2D eigenvalue weighted by molar-refractivity contribution is -0.144. The van der Waals surface area contributed by atoms with Gasteiger partial charge in [-0.05, 0) is 18.2 Å². The van der Waals surface area contributed by atoms with Crippen LogP contribution in [0.2, 0.25) is 0 Å². The molecule has 0 aliphatic carbocycles. The molecule has 2 aliphatic heterocycles. The third-order valence-corrected chi connectivity index (χ3v) is 9.92. The first-order chi connectivity index (χ1) is 20.7. The summed E-state index contributed by atoms with van der Waals surface area (Å²) in [6, 6.07) is 6.23. The van der Waals surface area contributed by atoms with Gasteiger partial charge in [-0.3, -0.25) is 0 Å². The molecule has 0 radical (unpaired) electrons. The van der Waals surface area contributed by atoms with Crippen LogP contribution in [-0.4, -0.2) is 64.6 Å². The van der Waals surface area contributed by atoms with E-state index in [-0.39, 0.29) is 64.3 Å². The number of aliphatic carboxylic acids is 1. The molecule has 5 heterocycles. The second-order valence-corrected chi connectivity index (χ2v) is 13.2. The zero-order valence-electron chi connectivity index (χ0n) is 23.0. The van der Waals surface area contributed by atoms with E-state index < -0.39 is 63.0 Å². The lowest BCUT2D eigenvalue weighted by Crippen LogP contribution is -2.41. The van der Waals surface area contributed by atoms with Crippen molar-refractivity contribution in [1.82, 2.24) is 15.0 Å². The number of alkyl halides is 4. The highest BCUT2D eigenvalue weighted by Gasteiger charge is 2.48. The fourth-order valence-electron chi connectivity index (χ4n) is 5.88. The predicted octanol–water partition coefficient (Wildman–Crippen LogP) is 4.50. The summed E-state index contributed by atoms with van der Waals surface area (Å²) >= 11 is 0. The lowest BCUT2D eigenvalue weighted by Gasteiger charge is -2.36. The summed E-state index contributed by atoms with van der Waals surface area (Å²) < 4.78 is 94.5. The molecule has 0 unspecified atom stereocenters. The molecule has 1 N–H and O–H groups in total. The van der Waals surface area contributed by atoms with E-state index in [0.29, 0.717) is 0 Å². The van der Waals surface area contributed by atoms with E-state index in [2.05, 4.69) is 20.9 Å². The third-order valence-electron chi connectivity index (χ3n) is 8.08. The Labute approximate surface area is 248 Å². The maximum absolute atomic E-state index is 16.6. The number of furan rings is 1. The van der Waals surface area contributed by atoms with Crippen molar-refractivity contribution >= 4 is 43.7 Å². The van der Waals surface area contributed by atoms with E-state index in [9.17, 15) is 31.5 Å². The molecule has 44 heavy (non-hydrogen) atoms. The van der Waals surface area contributed by atoms with Gasteiger partial charge < -0.3 is 19.2 Å². The summed E-state index contributed by atoms with van der Waals surface area (Å²) in [7, 11) is -3.47. The summed E-state index contributed by atoms with van der Waals surface area (Å²) in [4.78, 5) is 25.1. The van der Waals surface area contributed by atoms with Crippen molar-refractivity contribution in [3.05, 3.63) is 53.5 Å². The fourth-order valence-corrected chi connectivity index (χ4v) is 7.68. The van der Waals surface area contributed by atoms with Crippen molar-refractivity contribution in [3.63, 3.8) is 0 Å². The molecule has 230 valence electrons. The summed E-state index contributed by atoms with van der Waals surface area (Å²) in [5.74, 6) is -2.88. The topological polar surface area (TPSA) is 136 Å². The highest BCUT2D eigenvalue weighted by atomic mass is 32.2. The van der Waals surface area contributed by atoms with Gasteiger partial charge in [-0.1, -0.05) is 25.0 Å². The minimum atomic E-state index is -4.95. The highest BCUT2D eigenvalue weighted by molar-refractivity contribution is 7.91. The number of halogens is 4. The standard InChI is InChI=1S/C29H24F4N4O6S/c1-3-16-10-19(28(30)8-9-44(40,41)14-15(28)2)25(34-12-16)42-17-11-20(26(38)39)37(13-17)24-23-22(35-27(36-24)29(31,32)33)18-6-4-5-7-21(18)43-23/h1,4-7,10,12,15,17,20H,8-9,11,13-14H2,2H3,(H,38,39)/t15-,17-,20-,28+/m0/s1. The van der Waals surface area contributed by atoms with Crippen LogP contribution in [0.5, 0.6) is 5.88 Å². The largest absolute Gasteiger partial charge is 0.480 e. The van der Waals surface area contributed by atoms with Crippen LogP contribution >= 0.6 is 0 Å². The zero-order valence-corrected chi connectivity index (χ0v) is 23.8. The first kappa shape index (κ1) is 29.6. The molecule has 2 fully saturated rings. The minimum absolute atomic E-state index is 0.0817. The molecule has 0 amide bonds. The van der Waals surface area contributed by atoms with Crippen molar-refractivity contribution < 1.29 is 45.0 Å². The number of aromatic nitrogens is 3. The van der Waals surface area contributed by atoms with Crippen LogP contribution in [0, 0.1) is 18.3 Å². The summed E-state index contributed by atoms with van der Waals surface area (Å²) in [5.41, 5.74) is -2.09. The van der Waals surface area contributed by atoms with Gasteiger partial charge in [0.1, 0.15) is 28.9 Å². The summed E-state index contributed by atoms with van der Waals surface area (Å²) in [6.45, 7) is 1.17. The minimum Gasteiger partial charge on any atom is -0.480 e. The van der Waals surface area contributed by atoms with Crippen molar-refractivity contribution in [2.45, 2.75) is 43.8 Å². The molecular formula is C29H24F4N4O6S. The molecule has 0 spiro atoms. The van der Waals surface area contributed by atoms with Crippen LogP contribution in [0.1, 0.15) is 36.7 Å². The van der Waals surface area contributed by atoms with Crippen molar-refractivity contribution in [2.24, 2.45) is 5.92 Å². The number of sulfone groups is 1. The number of pyridine rings is 1. The van der Waals surface area contributed by atoms with Crippen LogP contribution in [0.4, 0.5) is 23.4 Å². The molecule has 10 nitrogen and oxygen atoms in total. The number of hydrogen-bond donors (Lipinski definition) is 1. The fraction of sp³-hybridized carbons (Fsp3) is 0.379. The molecule has 2 aliphatic rings. The first-order valence-electron chi connectivity index (χ1n) is 13.5. The van der Waals surface area contributed by atoms with Gasteiger partial charge in [0, 0.05) is 35.9 Å². The number of para-hydroxylation sites is 1. The van der Waals surface area contributed by atoms with Gasteiger partial charge in [-0.25, -0.2) is 32.6 Å². The number of anilines is 1. The Bertz CT molecular complexity index is 1960. The van der Waals surface area contributed by atoms with E-state index in [1.807, 2.05) is 0 Å². The average molecular weight is 633 g/mol. The Morgan fingerprint density at radius 1 is 1.27 bits per heavy atom. The van der Waals surface area contributed by atoms with Gasteiger partial charge in [0.2, 0.25) is 11.7 Å². The second kappa shape index (κ2) is 10.3. The van der Waals surface area contributed by atoms with E-state index in [1.54, 1.807) is 12.1 Å². The average Bonchev–Trinajstić information content (AvgIpc) is 3.56. The SMILES string of the molecule is C#Cc1cnc(O[C@H]2C[C@@H](C(=O)O)N(c3nc(C(F)(F)F)nc4c3oc3ccccc34)C2)c([C@@]2(F)CCS(=O)(=O)C[C@@H]2C)c1. The van der Waals surface area contributed by atoms with E-state index in [0.717, 1.165) is 4.90 Å². The molecule has 4 atom stereocenters. The smallest absolute Gasteiger partial charge is 0.451 e. The van der Waals surface area contributed by atoms with Crippen molar-refractivity contribution in [1.29, 1.82) is 0 Å². The van der Waals surface area contributed by atoms with E-state index in [4.69, 9.17) is 15.6 Å². The maximum atomic E-state index is 16.6. The van der Waals surface area contributed by atoms with E-state index >= 15 is 4.39 Å². The molecular weight excluding hydrogens is 608 g/mol. The second-order valence-electron chi connectivity index (χ2n) is 11.0. The van der Waals surface area contributed by atoms with Gasteiger partial charge in [0.05, 0.1) is 23.6 Å². The Kier molecular flexibility index (Phi) is 6.95. The number of fused-ring (bicyclic) bond motifs is 3. The van der Waals surface area contributed by atoms with Crippen LogP contribution in [0.3, 0.4) is 0 Å². The normalized spacial score (nSPS) is 25.3. The summed E-state index contributed by atoms with van der Waals surface area (Å²) in [5, 5.41) is 10.4. The number of carboxylic acids is 1. The number of nitrogens with zero attached hydrogens (tertiary/aromatic N) is 4. The third kappa shape index (κ3) is 5.06. The number of carboxylic acid groups (broad SMARTS) is 1. The van der Waals surface area contributed by atoms with Crippen LogP contribution in [-0.2, 0) is 26.5 Å². The predicted molar refractivity (Wildman–Crippen MR) is 150 cm³/mol. The molecule has 2 saturated heterocycles. The number of carbonyl (C=O) groups is 1. The van der Waals surface area contributed by atoms with Crippen LogP contribution in [0.15, 0.2) is 40.9 Å². The monoisotopic (exact) mass is 632 g/mol. The Morgan fingerprint density at radius 3 is 2.70 bits per heavy atom. The Hall–Kier alpha value is -4.45. The van der Waals surface area contributed by atoms with Gasteiger partial charge in [0.25, 0.3) is 0 Å². The van der Waals surface area contributed by atoms with E-state index in [1.165, 1.54) is 31.3 Å². The molecule has 0 bridgehead atoms. The van der Waals surface area contributed by atoms with Gasteiger partial charge in [-0.15, -0.1) is 6.42 Å². The number of rotatable bonds is 5. The molecule has 0 saturated carbocycles. The lowest BCUT2D eigenvalue weighted by atomic mass is 9.82. The Morgan fingerprint density at radius 2 is 2.02 bits per heavy atom. The van der Waals surface area contributed by atoms with Crippen molar-refractivity contribution in [2.75, 3.05) is 23.0 Å². The summed E-state index contributed by atoms with van der Waals surface area (Å²) in [6.07, 6.45) is 0.204. The number of benzene rings is 1. The highest BCUT2D eigenvalue weighted by Crippen LogP contribution is 2.46. The number of terminal acetylenes is 1. The zero-order chi connectivity index (χ0) is 31.6. The quantitative estimate of drug-likeness (QED) is 0.247. The number of ether oxygens (including phenoxy) is 1. The van der Waals surface area contributed by atoms with Gasteiger partial charge in [0.15, 0.2) is 21.2 Å². The maximum Gasteiger partial charge on any atom is 0.451 e. The molecule has 15 heteroatoms. The van der Waals surface area contributed by atoms with Crippen LogP contribution < -0.4 is 9.64 Å². The molecule has 6 rings (SSSR count). The van der Waals surface area contributed by atoms with Crippen LogP contribution in [0.25, 0.3) is 22.1 Å².